The van der Waals surface area contributed by atoms with Gasteiger partial charge < -0.3 is 10.4 Å². The summed E-state index contributed by atoms with van der Waals surface area (Å²) >= 11 is 0. The molecule has 0 radical (unpaired) electrons. The molecule has 1 aromatic carbocycles. The lowest BCUT2D eigenvalue weighted by Gasteiger charge is -2.24. The minimum Gasteiger partial charge on any atom is -0.481 e. The number of carbonyl (C=O) groups excluding carboxylic acids is 1. The lowest BCUT2D eigenvalue weighted by Crippen LogP contribution is -2.44. The highest BCUT2D eigenvalue weighted by Gasteiger charge is 2.16. The lowest BCUT2D eigenvalue weighted by atomic mass is 10.2. The van der Waals surface area contributed by atoms with Gasteiger partial charge >= 0.3 is 12.0 Å². The molecule has 0 saturated carbocycles. The molecule has 0 spiro atoms. The van der Waals surface area contributed by atoms with Crippen molar-refractivity contribution in [2.45, 2.75) is 32.7 Å². The number of amides is 2. The molecule has 6 heteroatoms. The molecule has 0 saturated heterocycles. The minimum atomic E-state index is -0.899. The Labute approximate surface area is 117 Å². The SMILES string of the molecule is CCN(C(=O)NC(C)CCC(=O)O)c1cccc(F)c1. The number of carboxylic acids is 1. The van der Waals surface area contributed by atoms with Crippen molar-refractivity contribution in [2.24, 2.45) is 0 Å². The largest absolute Gasteiger partial charge is 0.481 e. The van der Waals surface area contributed by atoms with Crippen molar-refractivity contribution < 1.29 is 19.1 Å². The molecule has 0 bridgehead atoms. The van der Waals surface area contributed by atoms with Crippen LogP contribution in [-0.2, 0) is 4.79 Å². The molecule has 0 aliphatic heterocycles. The molecule has 5 nitrogen and oxygen atoms in total. The molecule has 1 unspecified atom stereocenters. The first-order chi connectivity index (χ1) is 9.43. The predicted molar refractivity (Wildman–Crippen MR) is 74.3 cm³/mol. The van der Waals surface area contributed by atoms with Crippen molar-refractivity contribution in [3.63, 3.8) is 0 Å². The third-order valence-electron chi connectivity index (χ3n) is 2.84. The highest BCUT2D eigenvalue weighted by atomic mass is 19.1. The summed E-state index contributed by atoms with van der Waals surface area (Å²) in [5.74, 6) is -1.31. The molecule has 0 aliphatic rings. The summed E-state index contributed by atoms with van der Waals surface area (Å²) < 4.78 is 13.2. The van der Waals surface area contributed by atoms with Gasteiger partial charge in [-0.15, -0.1) is 0 Å². The van der Waals surface area contributed by atoms with Crippen LogP contribution in [0.1, 0.15) is 26.7 Å². The highest BCUT2D eigenvalue weighted by molar-refractivity contribution is 5.92. The predicted octanol–water partition coefficient (Wildman–Crippen LogP) is 2.61. The number of benzene rings is 1. The Hall–Kier alpha value is -2.11. The fourth-order valence-electron chi connectivity index (χ4n) is 1.79. The normalized spacial score (nSPS) is 11.8. The van der Waals surface area contributed by atoms with Crippen molar-refractivity contribution in [1.82, 2.24) is 5.32 Å². The lowest BCUT2D eigenvalue weighted by molar-refractivity contribution is -0.137. The second kappa shape index (κ2) is 7.47. The number of hydrogen-bond donors (Lipinski definition) is 2. The van der Waals surface area contributed by atoms with Crippen molar-refractivity contribution in [1.29, 1.82) is 0 Å². The van der Waals surface area contributed by atoms with Gasteiger partial charge in [0.15, 0.2) is 0 Å². The second-order valence-electron chi connectivity index (χ2n) is 4.51. The zero-order chi connectivity index (χ0) is 15.1. The summed E-state index contributed by atoms with van der Waals surface area (Å²) in [6.07, 6.45) is 0.343. The number of urea groups is 1. The number of halogens is 1. The zero-order valence-electron chi connectivity index (χ0n) is 11.6. The van der Waals surface area contributed by atoms with E-state index in [1.165, 1.54) is 23.1 Å². The Morgan fingerprint density at radius 3 is 2.70 bits per heavy atom. The van der Waals surface area contributed by atoms with E-state index in [-0.39, 0.29) is 18.5 Å². The van der Waals surface area contributed by atoms with E-state index in [9.17, 15) is 14.0 Å². The molecule has 20 heavy (non-hydrogen) atoms. The number of hydrogen-bond acceptors (Lipinski definition) is 2. The molecular weight excluding hydrogens is 263 g/mol. The van der Waals surface area contributed by atoms with Crippen molar-refractivity contribution >= 4 is 17.7 Å². The van der Waals surface area contributed by atoms with Crippen LogP contribution in [0.25, 0.3) is 0 Å². The smallest absolute Gasteiger partial charge is 0.322 e. The number of nitrogens with one attached hydrogen (secondary N) is 1. The van der Waals surface area contributed by atoms with Crippen molar-refractivity contribution in [3.05, 3.63) is 30.1 Å². The van der Waals surface area contributed by atoms with Crippen LogP contribution in [0.15, 0.2) is 24.3 Å². The van der Waals surface area contributed by atoms with Crippen LogP contribution in [0.5, 0.6) is 0 Å². The Balaban J connectivity index is 2.65. The van der Waals surface area contributed by atoms with E-state index in [1.54, 1.807) is 19.9 Å². The molecule has 0 aromatic heterocycles. The Morgan fingerprint density at radius 2 is 2.15 bits per heavy atom. The number of anilines is 1. The maximum atomic E-state index is 13.2. The van der Waals surface area contributed by atoms with E-state index in [0.29, 0.717) is 18.7 Å². The first-order valence-electron chi connectivity index (χ1n) is 6.49. The molecule has 110 valence electrons. The fourth-order valence-corrected chi connectivity index (χ4v) is 1.79. The number of aliphatic carboxylic acids is 1. The molecule has 1 rings (SSSR count). The maximum absolute atomic E-state index is 13.2. The summed E-state index contributed by atoms with van der Waals surface area (Å²) in [7, 11) is 0. The Kier molecular flexibility index (Phi) is 5.96. The number of carbonyl (C=O) groups is 2. The van der Waals surface area contributed by atoms with Gasteiger partial charge in [-0.1, -0.05) is 6.07 Å². The average molecular weight is 282 g/mol. The van der Waals surface area contributed by atoms with Crippen LogP contribution >= 0.6 is 0 Å². The number of nitrogens with zero attached hydrogens (tertiary/aromatic N) is 1. The van der Waals surface area contributed by atoms with Gasteiger partial charge in [0.1, 0.15) is 5.82 Å². The molecule has 2 amide bonds. The molecule has 0 fully saturated rings. The number of carboxylic acid groups (broad SMARTS) is 1. The standard InChI is InChI=1S/C14H19FN2O3/c1-3-17(12-6-4-5-11(15)9-12)14(20)16-10(2)7-8-13(18)19/h4-6,9-10H,3,7-8H2,1-2H3,(H,16,20)(H,18,19). The van der Waals surface area contributed by atoms with Gasteiger partial charge in [0.25, 0.3) is 0 Å². The summed E-state index contributed by atoms with van der Waals surface area (Å²) in [4.78, 5) is 24.0. The quantitative estimate of drug-likeness (QED) is 0.842. The van der Waals surface area contributed by atoms with E-state index in [0.717, 1.165) is 0 Å². The minimum absolute atomic E-state index is 0.00641. The maximum Gasteiger partial charge on any atom is 0.322 e. The first kappa shape index (κ1) is 15.9. The van der Waals surface area contributed by atoms with Gasteiger partial charge in [0, 0.05) is 24.7 Å². The summed E-state index contributed by atoms with van der Waals surface area (Å²) in [5, 5.41) is 11.3. The third-order valence-corrected chi connectivity index (χ3v) is 2.84. The third kappa shape index (κ3) is 4.87. The van der Waals surface area contributed by atoms with E-state index in [1.807, 2.05) is 0 Å². The van der Waals surface area contributed by atoms with E-state index in [4.69, 9.17) is 5.11 Å². The average Bonchev–Trinajstić information content (AvgIpc) is 2.37. The van der Waals surface area contributed by atoms with Crippen molar-refractivity contribution in [3.8, 4) is 0 Å². The van der Waals surface area contributed by atoms with Crippen molar-refractivity contribution in [2.75, 3.05) is 11.4 Å². The molecule has 0 heterocycles. The Bertz CT molecular complexity index is 479. The van der Waals surface area contributed by atoms with Gasteiger partial charge in [-0.25, -0.2) is 9.18 Å². The summed E-state index contributed by atoms with van der Waals surface area (Å²) in [5.41, 5.74) is 0.468. The van der Waals surface area contributed by atoms with Gasteiger partial charge in [-0.3, -0.25) is 9.69 Å². The second-order valence-corrected chi connectivity index (χ2v) is 4.51. The van der Waals surface area contributed by atoms with E-state index < -0.39 is 11.8 Å². The number of rotatable bonds is 6. The molecular formula is C14H19FN2O3. The molecule has 1 aromatic rings. The Morgan fingerprint density at radius 1 is 1.45 bits per heavy atom. The molecule has 0 aliphatic carbocycles. The van der Waals surface area contributed by atoms with Crippen LogP contribution in [0.2, 0.25) is 0 Å². The highest BCUT2D eigenvalue weighted by Crippen LogP contribution is 2.15. The van der Waals surface area contributed by atoms with Gasteiger partial charge in [-0.2, -0.15) is 0 Å². The first-order valence-corrected chi connectivity index (χ1v) is 6.49. The van der Waals surface area contributed by atoms with Crippen LogP contribution in [0, 0.1) is 5.82 Å². The van der Waals surface area contributed by atoms with Gasteiger partial charge in [-0.05, 0) is 38.5 Å². The van der Waals surface area contributed by atoms with Crippen LogP contribution < -0.4 is 10.2 Å². The molecule has 1 atom stereocenters. The summed E-state index contributed by atoms with van der Waals surface area (Å²) in [6, 6.07) is 5.15. The van der Waals surface area contributed by atoms with Gasteiger partial charge in [0.2, 0.25) is 0 Å². The van der Waals surface area contributed by atoms with E-state index in [2.05, 4.69) is 5.32 Å². The van der Waals surface area contributed by atoms with E-state index >= 15 is 0 Å². The fraction of sp³-hybridized carbons (Fsp3) is 0.429. The van der Waals surface area contributed by atoms with Crippen LogP contribution in [-0.4, -0.2) is 29.7 Å². The monoisotopic (exact) mass is 282 g/mol. The zero-order valence-corrected chi connectivity index (χ0v) is 11.6. The van der Waals surface area contributed by atoms with Gasteiger partial charge in [0.05, 0.1) is 0 Å². The topological polar surface area (TPSA) is 69.6 Å². The van der Waals surface area contributed by atoms with Crippen LogP contribution in [0.3, 0.4) is 0 Å². The summed E-state index contributed by atoms with van der Waals surface area (Å²) in [6.45, 7) is 3.91. The molecule has 2 N–H and O–H groups in total. The van der Waals surface area contributed by atoms with Crippen LogP contribution in [0.4, 0.5) is 14.9 Å².